The Bertz CT molecular complexity index is 445. The quantitative estimate of drug-likeness (QED) is 0.751. The predicted molar refractivity (Wildman–Crippen MR) is 49.6 cm³/mol. The first-order chi connectivity index (χ1) is 6.33. The van der Waals surface area contributed by atoms with Crippen LogP contribution in [0, 0.1) is 0 Å². The lowest BCUT2D eigenvalue weighted by Gasteiger charge is -1.97. The van der Waals surface area contributed by atoms with Crippen molar-refractivity contribution in [1.29, 1.82) is 0 Å². The van der Waals surface area contributed by atoms with Crippen molar-refractivity contribution in [1.82, 2.24) is 4.98 Å². The highest BCUT2D eigenvalue weighted by molar-refractivity contribution is 5.88. The maximum absolute atomic E-state index is 10.3. The van der Waals surface area contributed by atoms with Crippen LogP contribution in [-0.4, -0.2) is 18.4 Å². The van der Waals surface area contributed by atoms with Gasteiger partial charge in [0.1, 0.15) is 5.75 Å². The number of hydrogen-bond donors (Lipinski definition) is 1. The van der Waals surface area contributed by atoms with Crippen LogP contribution in [0.25, 0.3) is 10.9 Å². The molecule has 2 rings (SSSR count). The van der Waals surface area contributed by atoms with Gasteiger partial charge < -0.3 is 9.72 Å². The summed E-state index contributed by atoms with van der Waals surface area (Å²) in [6.45, 7) is 0. The Hall–Kier alpha value is -1.77. The van der Waals surface area contributed by atoms with Gasteiger partial charge in [-0.2, -0.15) is 0 Å². The lowest BCUT2D eigenvalue weighted by Crippen LogP contribution is -1.80. The molecule has 0 aliphatic rings. The summed E-state index contributed by atoms with van der Waals surface area (Å²) in [5.74, 6) is 0.781. The Labute approximate surface area is 75.3 Å². The average Bonchev–Trinajstić information content (AvgIpc) is 2.58. The largest absolute Gasteiger partial charge is 0.497 e. The fourth-order valence-electron chi connectivity index (χ4n) is 1.29. The van der Waals surface area contributed by atoms with Crippen molar-refractivity contribution in [2.45, 2.75) is 0 Å². The van der Waals surface area contributed by atoms with E-state index in [-0.39, 0.29) is 0 Å². The van der Waals surface area contributed by atoms with E-state index < -0.39 is 0 Å². The number of carbonyl (C=O) groups excluding carboxylic acids is 1. The molecule has 0 spiro atoms. The third-order valence-corrected chi connectivity index (χ3v) is 1.94. The molecule has 1 radical (unpaired) electrons. The minimum Gasteiger partial charge on any atom is -0.497 e. The summed E-state index contributed by atoms with van der Waals surface area (Å²) < 4.78 is 5.05. The number of fused-ring (bicyclic) bond motifs is 1. The number of hydrogen-bond acceptors (Lipinski definition) is 2. The summed E-state index contributed by atoms with van der Waals surface area (Å²) in [5, 5.41) is 0.956. The topological polar surface area (TPSA) is 42.1 Å². The summed E-state index contributed by atoms with van der Waals surface area (Å²) in [6.07, 6.45) is 1.81. The zero-order chi connectivity index (χ0) is 9.26. The molecule has 0 amide bonds. The third kappa shape index (κ3) is 1.28. The van der Waals surface area contributed by atoms with Gasteiger partial charge in [-0.05, 0) is 24.3 Å². The molecule has 3 heteroatoms. The molecule has 0 aliphatic carbocycles. The first-order valence-electron chi connectivity index (χ1n) is 3.88. The van der Waals surface area contributed by atoms with Gasteiger partial charge in [0.15, 0.2) is 0 Å². The monoisotopic (exact) mass is 174 g/mol. The molecule has 0 saturated heterocycles. The molecule has 2 aromatic rings. The van der Waals surface area contributed by atoms with E-state index in [1.807, 2.05) is 24.5 Å². The van der Waals surface area contributed by atoms with Gasteiger partial charge in [0.2, 0.25) is 0 Å². The fraction of sp³-hybridized carbons (Fsp3) is 0.100. The number of aromatic amines is 1. The van der Waals surface area contributed by atoms with Crippen LogP contribution in [-0.2, 0) is 4.79 Å². The summed E-state index contributed by atoms with van der Waals surface area (Å²) in [6, 6.07) is 7.32. The molecule has 1 heterocycles. The van der Waals surface area contributed by atoms with Crippen molar-refractivity contribution < 1.29 is 9.53 Å². The van der Waals surface area contributed by atoms with Crippen LogP contribution in [0.15, 0.2) is 24.3 Å². The smallest absolute Gasteiger partial charge is 0.251 e. The maximum atomic E-state index is 10.3. The Morgan fingerprint density at radius 2 is 2.23 bits per heavy atom. The number of ether oxygens (including phenoxy) is 1. The molecule has 1 N–H and O–H groups in total. The molecule has 0 fully saturated rings. The van der Waals surface area contributed by atoms with Crippen molar-refractivity contribution in [2.75, 3.05) is 7.11 Å². The lowest BCUT2D eigenvalue weighted by atomic mass is 10.2. The first kappa shape index (κ1) is 7.86. The highest BCUT2D eigenvalue weighted by atomic mass is 16.5. The third-order valence-electron chi connectivity index (χ3n) is 1.94. The van der Waals surface area contributed by atoms with Crippen molar-refractivity contribution in [3.05, 3.63) is 30.0 Å². The van der Waals surface area contributed by atoms with E-state index in [0.717, 1.165) is 16.7 Å². The summed E-state index contributed by atoms with van der Waals surface area (Å²) in [4.78, 5) is 13.3. The Morgan fingerprint density at radius 3 is 2.92 bits per heavy atom. The minimum atomic E-state index is 0.461. The summed E-state index contributed by atoms with van der Waals surface area (Å²) >= 11 is 0. The van der Waals surface area contributed by atoms with E-state index in [1.165, 1.54) is 0 Å². The summed E-state index contributed by atoms with van der Waals surface area (Å²) in [7, 11) is 1.61. The maximum Gasteiger partial charge on any atom is 0.251 e. The Balaban J connectivity index is 2.63. The molecule has 0 bridgehead atoms. The average molecular weight is 174 g/mol. The highest BCUT2D eigenvalue weighted by Gasteiger charge is 2.00. The van der Waals surface area contributed by atoms with Gasteiger partial charge in [0.05, 0.1) is 12.8 Å². The van der Waals surface area contributed by atoms with Crippen molar-refractivity contribution >= 4 is 17.2 Å². The van der Waals surface area contributed by atoms with Crippen LogP contribution < -0.4 is 4.74 Å². The number of nitrogens with one attached hydrogen (secondary N) is 1. The van der Waals surface area contributed by atoms with Crippen molar-refractivity contribution in [3.63, 3.8) is 0 Å². The van der Waals surface area contributed by atoms with E-state index >= 15 is 0 Å². The molecule has 0 saturated carbocycles. The van der Waals surface area contributed by atoms with E-state index in [9.17, 15) is 4.79 Å². The zero-order valence-corrected chi connectivity index (χ0v) is 7.13. The van der Waals surface area contributed by atoms with Crippen molar-refractivity contribution in [3.8, 4) is 5.75 Å². The van der Waals surface area contributed by atoms with Gasteiger partial charge in [0.25, 0.3) is 6.29 Å². The molecule has 1 aromatic carbocycles. The van der Waals surface area contributed by atoms with Crippen LogP contribution in [0.3, 0.4) is 0 Å². The van der Waals surface area contributed by atoms with Gasteiger partial charge in [-0.25, -0.2) is 0 Å². The SMILES string of the molecule is COc1ccc2[nH]c([C]=O)cc2c1. The molecule has 0 unspecified atom stereocenters. The van der Waals surface area contributed by atoms with Crippen LogP contribution in [0.4, 0.5) is 0 Å². The number of methoxy groups -OCH3 is 1. The number of benzene rings is 1. The Morgan fingerprint density at radius 1 is 1.38 bits per heavy atom. The molecular formula is C10H8NO2. The molecular weight excluding hydrogens is 166 g/mol. The van der Waals surface area contributed by atoms with Gasteiger partial charge in [-0.3, -0.25) is 4.79 Å². The number of H-pyrrole nitrogens is 1. The van der Waals surface area contributed by atoms with Gasteiger partial charge >= 0.3 is 0 Å². The summed E-state index contributed by atoms with van der Waals surface area (Å²) in [5.41, 5.74) is 1.38. The second-order valence-corrected chi connectivity index (χ2v) is 2.74. The molecule has 0 aliphatic heterocycles. The van der Waals surface area contributed by atoms with Gasteiger partial charge in [0, 0.05) is 10.9 Å². The molecule has 3 nitrogen and oxygen atoms in total. The van der Waals surface area contributed by atoms with Gasteiger partial charge in [-0.1, -0.05) is 0 Å². The van der Waals surface area contributed by atoms with Crippen LogP contribution in [0.1, 0.15) is 5.69 Å². The lowest BCUT2D eigenvalue weighted by molar-refractivity contribution is 0.415. The minimum absolute atomic E-state index is 0.461. The van der Waals surface area contributed by atoms with Crippen LogP contribution in [0.2, 0.25) is 0 Å². The molecule has 0 atom stereocenters. The first-order valence-corrected chi connectivity index (χ1v) is 3.88. The Kier molecular flexibility index (Phi) is 1.77. The molecule has 65 valence electrons. The van der Waals surface area contributed by atoms with E-state index in [2.05, 4.69) is 4.98 Å². The zero-order valence-electron chi connectivity index (χ0n) is 7.13. The van der Waals surface area contributed by atoms with E-state index in [0.29, 0.717) is 5.69 Å². The normalized spacial score (nSPS) is 10.2. The standard InChI is InChI=1S/C10H8NO2/c1-13-9-2-3-10-7(5-9)4-8(6-12)11-10/h2-5,11H,1H3. The highest BCUT2D eigenvalue weighted by Crippen LogP contribution is 2.20. The molecule has 13 heavy (non-hydrogen) atoms. The van der Waals surface area contributed by atoms with Crippen LogP contribution in [0.5, 0.6) is 5.75 Å². The fourth-order valence-corrected chi connectivity index (χ4v) is 1.29. The predicted octanol–water partition coefficient (Wildman–Crippen LogP) is 1.63. The van der Waals surface area contributed by atoms with Crippen LogP contribution >= 0.6 is 0 Å². The van der Waals surface area contributed by atoms with Gasteiger partial charge in [-0.15, -0.1) is 0 Å². The second-order valence-electron chi connectivity index (χ2n) is 2.74. The number of aromatic nitrogens is 1. The van der Waals surface area contributed by atoms with E-state index in [1.54, 1.807) is 13.2 Å². The molecule has 1 aromatic heterocycles. The second kappa shape index (κ2) is 2.94. The number of rotatable bonds is 2. The van der Waals surface area contributed by atoms with E-state index in [4.69, 9.17) is 4.74 Å². The van der Waals surface area contributed by atoms with Crippen molar-refractivity contribution in [2.24, 2.45) is 0 Å².